The van der Waals surface area contributed by atoms with Crippen molar-refractivity contribution >= 4 is 41.7 Å². The Balaban J connectivity index is 0.00000220. The number of halogens is 1. The van der Waals surface area contributed by atoms with Crippen LogP contribution in [0.15, 0.2) is 24.3 Å². The van der Waals surface area contributed by atoms with Crippen LogP contribution in [0.25, 0.3) is 0 Å². The topological polar surface area (TPSA) is 61.4 Å². The highest BCUT2D eigenvalue weighted by Crippen LogP contribution is 2.14. The first-order valence-electron chi connectivity index (χ1n) is 6.47. The number of amides is 2. The first-order chi connectivity index (χ1) is 9.56. The molecule has 1 saturated heterocycles. The first kappa shape index (κ1) is 17.8. The molecule has 0 spiro atoms. The van der Waals surface area contributed by atoms with Gasteiger partial charge in [-0.25, -0.2) is 0 Å². The van der Waals surface area contributed by atoms with Crippen molar-refractivity contribution < 1.29 is 9.59 Å². The van der Waals surface area contributed by atoms with Gasteiger partial charge in [0.05, 0.1) is 12.5 Å². The van der Waals surface area contributed by atoms with Crippen molar-refractivity contribution in [3.63, 3.8) is 0 Å². The zero-order valence-corrected chi connectivity index (χ0v) is 13.7. The molecule has 0 aromatic heterocycles. The molecular weight excluding hydrogens is 310 g/mol. The summed E-state index contributed by atoms with van der Waals surface area (Å²) in [5.41, 5.74) is 1.70. The minimum Gasteiger partial charge on any atom is -0.349 e. The van der Waals surface area contributed by atoms with Gasteiger partial charge in [0.25, 0.3) is 0 Å². The van der Waals surface area contributed by atoms with E-state index in [1.807, 2.05) is 24.3 Å². The number of carbonyl (C=O) groups is 2. The Hall–Kier alpha value is -1.24. The van der Waals surface area contributed by atoms with Crippen molar-refractivity contribution in [2.75, 3.05) is 31.0 Å². The van der Waals surface area contributed by atoms with Crippen molar-refractivity contribution in [3.8, 4) is 0 Å². The molecule has 0 bridgehead atoms. The fourth-order valence-electron chi connectivity index (χ4n) is 1.83. The van der Waals surface area contributed by atoms with Crippen molar-refractivity contribution in [3.05, 3.63) is 29.8 Å². The lowest BCUT2D eigenvalue weighted by molar-refractivity contribution is -0.128. The number of likely N-dealkylation sites (N-methyl/N-ethyl adjacent to an activating group) is 1. The van der Waals surface area contributed by atoms with E-state index >= 15 is 0 Å². The summed E-state index contributed by atoms with van der Waals surface area (Å²) in [5.74, 6) is 1.69. The maximum Gasteiger partial charge on any atom is 0.242 e. The number of benzene rings is 1. The lowest BCUT2D eigenvalue weighted by Crippen LogP contribution is -2.37. The molecule has 0 aliphatic carbocycles. The van der Waals surface area contributed by atoms with E-state index in [0.29, 0.717) is 6.42 Å². The van der Waals surface area contributed by atoms with Gasteiger partial charge < -0.3 is 10.2 Å². The molecule has 1 aliphatic rings. The van der Waals surface area contributed by atoms with Crippen LogP contribution in [0.1, 0.15) is 5.56 Å². The van der Waals surface area contributed by atoms with E-state index in [0.717, 1.165) is 22.9 Å². The zero-order valence-electron chi connectivity index (χ0n) is 12.1. The molecule has 5 nitrogen and oxygen atoms in total. The second kappa shape index (κ2) is 8.26. The van der Waals surface area contributed by atoms with Crippen molar-refractivity contribution in [2.24, 2.45) is 0 Å². The zero-order chi connectivity index (χ0) is 14.5. The Morgan fingerprint density at radius 2 is 2.00 bits per heavy atom. The number of nitrogens with one attached hydrogen (secondary N) is 2. The smallest absolute Gasteiger partial charge is 0.242 e. The number of anilines is 1. The van der Waals surface area contributed by atoms with Crippen LogP contribution in [-0.4, -0.2) is 48.5 Å². The third-order valence-electron chi connectivity index (χ3n) is 3.11. The normalized spacial score (nSPS) is 17.0. The monoisotopic (exact) mass is 329 g/mol. The molecule has 2 rings (SSSR count). The van der Waals surface area contributed by atoms with Crippen LogP contribution in [0.4, 0.5) is 5.69 Å². The second-order valence-corrected chi connectivity index (χ2v) is 5.95. The minimum absolute atomic E-state index is 0. The molecule has 1 aliphatic heterocycles. The molecule has 1 aromatic carbocycles. The number of rotatable bonds is 4. The van der Waals surface area contributed by atoms with E-state index in [2.05, 4.69) is 10.6 Å². The molecule has 0 radical (unpaired) electrons. The van der Waals surface area contributed by atoms with E-state index < -0.39 is 0 Å². The molecule has 1 aromatic rings. The van der Waals surface area contributed by atoms with Gasteiger partial charge in [0, 0.05) is 31.4 Å². The summed E-state index contributed by atoms with van der Waals surface area (Å²) < 4.78 is 0. The molecule has 1 unspecified atom stereocenters. The van der Waals surface area contributed by atoms with E-state index in [-0.39, 0.29) is 30.3 Å². The third kappa shape index (κ3) is 5.22. The summed E-state index contributed by atoms with van der Waals surface area (Å²) in [6.07, 6.45) is 0.377. The Morgan fingerprint density at radius 1 is 1.33 bits per heavy atom. The quantitative estimate of drug-likeness (QED) is 0.875. The first-order valence-corrected chi connectivity index (χ1v) is 7.63. The second-order valence-electron chi connectivity index (χ2n) is 4.92. The third-order valence-corrected chi connectivity index (χ3v) is 4.05. The molecule has 7 heteroatoms. The maximum absolute atomic E-state index is 11.9. The lowest BCUT2D eigenvalue weighted by atomic mass is 10.1. The largest absolute Gasteiger partial charge is 0.349 e. The van der Waals surface area contributed by atoms with Gasteiger partial charge in [-0.3, -0.25) is 14.9 Å². The predicted molar refractivity (Wildman–Crippen MR) is 89.0 cm³/mol. The van der Waals surface area contributed by atoms with Crippen molar-refractivity contribution in [1.82, 2.24) is 10.2 Å². The van der Waals surface area contributed by atoms with Crippen LogP contribution in [0, 0.1) is 0 Å². The van der Waals surface area contributed by atoms with Gasteiger partial charge in [-0.15, -0.1) is 24.2 Å². The molecule has 21 heavy (non-hydrogen) atoms. The molecule has 2 N–H and O–H groups in total. The number of hydrogen-bond acceptors (Lipinski definition) is 4. The maximum atomic E-state index is 11.9. The van der Waals surface area contributed by atoms with Crippen molar-refractivity contribution in [2.45, 2.75) is 12.5 Å². The van der Waals surface area contributed by atoms with Crippen LogP contribution >= 0.6 is 24.2 Å². The van der Waals surface area contributed by atoms with Crippen LogP contribution in [0.3, 0.4) is 0 Å². The lowest BCUT2D eigenvalue weighted by Gasteiger charge is -2.12. The minimum atomic E-state index is -0.116. The van der Waals surface area contributed by atoms with E-state index in [4.69, 9.17) is 0 Å². The van der Waals surface area contributed by atoms with Gasteiger partial charge in [-0.2, -0.15) is 0 Å². The summed E-state index contributed by atoms with van der Waals surface area (Å²) in [4.78, 5) is 25.1. The van der Waals surface area contributed by atoms with Gasteiger partial charge in [-0.05, 0) is 17.7 Å². The summed E-state index contributed by atoms with van der Waals surface area (Å²) in [5, 5.41) is 6.00. The molecule has 1 heterocycles. The van der Waals surface area contributed by atoms with E-state index in [1.165, 1.54) is 0 Å². The van der Waals surface area contributed by atoms with E-state index in [1.54, 1.807) is 30.8 Å². The Labute approximate surface area is 135 Å². The standard InChI is InChI=1S/C14H19N3O2S.ClH/c1-17(2)13(18)7-10-3-5-11(6-4-10)16-14(19)12-8-20-9-15-12;/h3-6,12,15H,7-9H2,1-2H3,(H,16,19);1H. The van der Waals surface area contributed by atoms with Gasteiger partial charge in [-0.1, -0.05) is 12.1 Å². The predicted octanol–water partition coefficient (Wildman–Crippen LogP) is 1.34. The van der Waals surface area contributed by atoms with Crippen LogP contribution in [-0.2, 0) is 16.0 Å². The van der Waals surface area contributed by atoms with Crippen LogP contribution in [0.2, 0.25) is 0 Å². The number of carbonyl (C=O) groups excluding carboxylic acids is 2. The van der Waals surface area contributed by atoms with Crippen LogP contribution in [0.5, 0.6) is 0 Å². The number of hydrogen-bond donors (Lipinski definition) is 2. The summed E-state index contributed by atoms with van der Waals surface area (Å²) in [6, 6.07) is 7.29. The highest BCUT2D eigenvalue weighted by Gasteiger charge is 2.22. The fraction of sp³-hybridized carbons (Fsp3) is 0.429. The van der Waals surface area contributed by atoms with Gasteiger partial charge in [0.2, 0.25) is 11.8 Å². The Bertz CT molecular complexity index is 487. The van der Waals surface area contributed by atoms with Crippen LogP contribution < -0.4 is 10.6 Å². The molecular formula is C14H20ClN3O2S. The number of thioether (sulfide) groups is 1. The van der Waals surface area contributed by atoms with Gasteiger partial charge >= 0.3 is 0 Å². The SMILES string of the molecule is CN(C)C(=O)Cc1ccc(NC(=O)C2CSCN2)cc1.Cl. The Kier molecular flexibility index (Phi) is 7.01. The molecule has 2 amide bonds. The molecule has 1 atom stereocenters. The van der Waals surface area contributed by atoms with Gasteiger partial charge in [0.15, 0.2) is 0 Å². The van der Waals surface area contributed by atoms with E-state index in [9.17, 15) is 9.59 Å². The Morgan fingerprint density at radius 3 is 2.52 bits per heavy atom. The summed E-state index contributed by atoms with van der Waals surface area (Å²) >= 11 is 1.72. The van der Waals surface area contributed by atoms with Gasteiger partial charge in [0.1, 0.15) is 0 Å². The highest BCUT2D eigenvalue weighted by molar-refractivity contribution is 7.99. The average molecular weight is 330 g/mol. The average Bonchev–Trinajstić information content (AvgIpc) is 2.95. The molecule has 1 fully saturated rings. The molecule has 0 saturated carbocycles. The molecule has 116 valence electrons. The fourth-order valence-corrected chi connectivity index (χ4v) is 2.77. The highest BCUT2D eigenvalue weighted by atomic mass is 35.5. The number of nitrogens with zero attached hydrogens (tertiary/aromatic N) is 1. The summed E-state index contributed by atoms with van der Waals surface area (Å²) in [7, 11) is 3.48. The van der Waals surface area contributed by atoms with Crippen molar-refractivity contribution in [1.29, 1.82) is 0 Å². The summed E-state index contributed by atoms with van der Waals surface area (Å²) in [6.45, 7) is 0.